The summed E-state index contributed by atoms with van der Waals surface area (Å²) in [6.45, 7) is 2.15. The predicted molar refractivity (Wildman–Crippen MR) is 92.3 cm³/mol. The Morgan fingerprint density at radius 1 is 1.24 bits per heavy atom. The highest BCUT2D eigenvalue weighted by molar-refractivity contribution is 9.10. The molecule has 0 N–H and O–H groups in total. The molecule has 1 heterocycles. The van der Waals surface area contributed by atoms with Crippen LogP contribution in [-0.4, -0.2) is 9.55 Å². The number of imidazole rings is 1. The van der Waals surface area contributed by atoms with Gasteiger partial charge in [-0.1, -0.05) is 39.7 Å². The highest BCUT2D eigenvalue weighted by Crippen LogP contribution is 2.29. The second-order valence-corrected chi connectivity index (χ2v) is 6.52. The number of benzene rings is 2. The van der Waals surface area contributed by atoms with E-state index in [4.69, 9.17) is 23.2 Å². The third-order valence-electron chi connectivity index (χ3n) is 3.56. The van der Waals surface area contributed by atoms with Crippen LogP contribution in [0.15, 0.2) is 46.9 Å². The van der Waals surface area contributed by atoms with E-state index in [0.29, 0.717) is 10.9 Å². The third kappa shape index (κ3) is 2.83. The van der Waals surface area contributed by atoms with Crippen molar-refractivity contribution < 1.29 is 0 Å². The Morgan fingerprint density at radius 2 is 2.05 bits per heavy atom. The van der Waals surface area contributed by atoms with Crippen LogP contribution in [0.5, 0.6) is 0 Å². The number of aromatic nitrogens is 2. The molecule has 0 saturated carbocycles. The lowest BCUT2D eigenvalue weighted by molar-refractivity contribution is 0.633. The maximum atomic E-state index is 6.08. The molecule has 0 aliphatic carbocycles. The predicted octanol–water partition coefficient (Wildman–Crippen LogP) is 5.80. The van der Waals surface area contributed by atoms with Gasteiger partial charge in [-0.05, 0) is 42.8 Å². The molecule has 2 aromatic carbocycles. The van der Waals surface area contributed by atoms with Crippen LogP contribution < -0.4 is 0 Å². The van der Waals surface area contributed by atoms with Crippen LogP contribution in [0.2, 0.25) is 5.02 Å². The quantitative estimate of drug-likeness (QED) is 0.522. The van der Waals surface area contributed by atoms with Crippen LogP contribution in [0.25, 0.3) is 11.0 Å². The van der Waals surface area contributed by atoms with Gasteiger partial charge in [0.2, 0.25) is 0 Å². The number of hydrogen-bond acceptors (Lipinski definition) is 1. The van der Waals surface area contributed by atoms with Crippen molar-refractivity contribution >= 4 is 50.2 Å². The van der Waals surface area contributed by atoms with E-state index in [-0.39, 0.29) is 6.04 Å². The summed E-state index contributed by atoms with van der Waals surface area (Å²) in [6.07, 6.45) is 0. The summed E-state index contributed by atoms with van der Waals surface area (Å²) >= 11 is 15.7. The summed E-state index contributed by atoms with van der Waals surface area (Å²) in [5.41, 5.74) is 3.12. The zero-order valence-electron chi connectivity index (χ0n) is 11.4. The second kappa shape index (κ2) is 5.99. The van der Waals surface area contributed by atoms with Gasteiger partial charge >= 0.3 is 0 Å². The van der Waals surface area contributed by atoms with E-state index >= 15 is 0 Å². The Bertz CT molecular complexity index is 798. The van der Waals surface area contributed by atoms with Crippen molar-refractivity contribution in [2.24, 2.45) is 0 Å². The number of rotatable bonds is 3. The Labute approximate surface area is 141 Å². The summed E-state index contributed by atoms with van der Waals surface area (Å²) in [6, 6.07) is 14.2. The van der Waals surface area contributed by atoms with E-state index in [1.807, 2.05) is 30.3 Å². The minimum atomic E-state index is 0.141. The van der Waals surface area contributed by atoms with E-state index in [2.05, 4.69) is 44.5 Å². The normalized spacial score (nSPS) is 12.8. The topological polar surface area (TPSA) is 17.8 Å². The summed E-state index contributed by atoms with van der Waals surface area (Å²) < 4.78 is 3.23. The van der Waals surface area contributed by atoms with Crippen molar-refractivity contribution in [3.05, 3.63) is 63.3 Å². The van der Waals surface area contributed by atoms with Crippen molar-refractivity contribution in [3.8, 4) is 0 Å². The van der Waals surface area contributed by atoms with Gasteiger partial charge in [0.15, 0.2) is 0 Å². The molecule has 1 atom stereocenters. The zero-order valence-corrected chi connectivity index (χ0v) is 14.5. The fourth-order valence-corrected chi connectivity index (χ4v) is 3.34. The average molecular weight is 384 g/mol. The van der Waals surface area contributed by atoms with Gasteiger partial charge in [-0.2, -0.15) is 0 Å². The first-order valence-electron chi connectivity index (χ1n) is 6.58. The molecular weight excluding hydrogens is 371 g/mol. The van der Waals surface area contributed by atoms with Crippen molar-refractivity contribution in [2.75, 3.05) is 0 Å². The molecule has 0 aliphatic rings. The molecule has 2 nitrogen and oxygen atoms in total. The van der Waals surface area contributed by atoms with Crippen LogP contribution in [0, 0.1) is 0 Å². The first kappa shape index (κ1) is 14.9. The minimum Gasteiger partial charge on any atom is -0.320 e. The average Bonchev–Trinajstić information content (AvgIpc) is 2.83. The number of alkyl halides is 1. The van der Waals surface area contributed by atoms with E-state index < -0.39 is 0 Å². The lowest BCUT2D eigenvalue weighted by Gasteiger charge is -2.18. The van der Waals surface area contributed by atoms with Gasteiger partial charge in [0, 0.05) is 9.50 Å². The monoisotopic (exact) mass is 382 g/mol. The maximum absolute atomic E-state index is 6.08. The largest absolute Gasteiger partial charge is 0.320 e. The zero-order chi connectivity index (χ0) is 15.0. The second-order valence-electron chi connectivity index (χ2n) is 4.90. The lowest BCUT2D eigenvalue weighted by Crippen LogP contribution is -2.09. The van der Waals surface area contributed by atoms with Gasteiger partial charge in [0.1, 0.15) is 5.82 Å². The van der Waals surface area contributed by atoms with Gasteiger partial charge in [-0.25, -0.2) is 4.98 Å². The summed E-state index contributed by atoms with van der Waals surface area (Å²) in [5.74, 6) is 1.21. The Balaban J connectivity index is 2.18. The number of fused-ring (bicyclic) bond motifs is 1. The molecule has 1 unspecified atom stereocenters. The molecule has 21 heavy (non-hydrogen) atoms. The molecule has 3 aromatic rings. The van der Waals surface area contributed by atoms with Gasteiger partial charge < -0.3 is 4.57 Å². The molecule has 0 fully saturated rings. The van der Waals surface area contributed by atoms with E-state index in [9.17, 15) is 0 Å². The van der Waals surface area contributed by atoms with Gasteiger partial charge in [-0.3, -0.25) is 0 Å². The molecule has 108 valence electrons. The molecule has 0 spiro atoms. The molecule has 0 aliphatic heterocycles. The van der Waals surface area contributed by atoms with Crippen molar-refractivity contribution in [1.82, 2.24) is 9.55 Å². The Kier molecular flexibility index (Phi) is 4.25. The highest BCUT2D eigenvalue weighted by atomic mass is 79.9. The summed E-state index contributed by atoms with van der Waals surface area (Å²) in [7, 11) is 0. The van der Waals surface area contributed by atoms with Crippen molar-refractivity contribution in [3.63, 3.8) is 0 Å². The molecule has 0 saturated heterocycles. The van der Waals surface area contributed by atoms with Gasteiger partial charge in [-0.15, -0.1) is 11.6 Å². The third-order valence-corrected chi connectivity index (χ3v) is 4.53. The van der Waals surface area contributed by atoms with Crippen LogP contribution in [0.1, 0.15) is 24.4 Å². The molecule has 1 aromatic heterocycles. The minimum absolute atomic E-state index is 0.141. The van der Waals surface area contributed by atoms with E-state index in [0.717, 1.165) is 21.3 Å². The van der Waals surface area contributed by atoms with Crippen LogP contribution >= 0.6 is 39.1 Å². The molecule has 5 heteroatoms. The SMILES string of the molecule is CC(c1cccc(Br)c1)n1c(CCl)nc2cc(Cl)ccc21. The van der Waals surface area contributed by atoms with Crippen molar-refractivity contribution in [2.45, 2.75) is 18.8 Å². The Morgan fingerprint density at radius 3 is 2.76 bits per heavy atom. The van der Waals surface area contributed by atoms with Crippen molar-refractivity contribution in [1.29, 1.82) is 0 Å². The maximum Gasteiger partial charge on any atom is 0.125 e. The highest BCUT2D eigenvalue weighted by Gasteiger charge is 2.17. The first-order chi connectivity index (χ1) is 10.1. The molecule has 0 bridgehead atoms. The van der Waals surface area contributed by atoms with Gasteiger partial charge in [0.25, 0.3) is 0 Å². The van der Waals surface area contributed by atoms with Gasteiger partial charge in [0.05, 0.1) is 23.0 Å². The Hall–Kier alpha value is -1.03. The number of halogens is 3. The fraction of sp³-hybridized carbons (Fsp3) is 0.188. The fourth-order valence-electron chi connectivity index (χ4n) is 2.56. The van der Waals surface area contributed by atoms with Crippen LogP contribution in [0.4, 0.5) is 0 Å². The number of hydrogen-bond donors (Lipinski definition) is 0. The summed E-state index contributed by atoms with van der Waals surface area (Å²) in [4.78, 5) is 4.60. The smallest absolute Gasteiger partial charge is 0.125 e. The van der Waals surface area contributed by atoms with Crippen LogP contribution in [0.3, 0.4) is 0 Å². The molecule has 0 radical (unpaired) electrons. The molecular formula is C16H13BrCl2N2. The molecule has 0 amide bonds. The van der Waals surface area contributed by atoms with Crippen LogP contribution in [-0.2, 0) is 5.88 Å². The van der Waals surface area contributed by atoms with E-state index in [1.165, 1.54) is 5.56 Å². The number of nitrogens with zero attached hydrogens (tertiary/aromatic N) is 2. The standard InChI is InChI=1S/C16H13BrCl2N2/c1-10(11-3-2-4-12(17)7-11)21-15-6-5-13(19)8-14(15)20-16(21)9-18/h2-8,10H,9H2,1H3. The summed E-state index contributed by atoms with van der Waals surface area (Å²) in [5, 5.41) is 0.684. The lowest BCUT2D eigenvalue weighted by atomic mass is 10.1. The molecule has 3 rings (SSSR count). The first-order valence-corrected chi connectivity index (χ1v) is 8.28. The van der Waals surface area contributed by atoms with E-state index in [1.54, 1.807) is 0 Å².